The Hall–Kier alpha value is -4.69. The average molecular weight is 482 g/mol. The van der Waals surface area contributed by atoms with E-state index in [1.807, 2.05) is 60.8 Å². The molecule has 2 aromatic heterocycles. The highest BCUT2D eigenvalue weighted by Crippen LogP contribution is 2.29. The van der Waals surface area contributed by atoms with E-state index in [1.54, 1.807) is 29.1 Å². The van der Waals surface area contributed by atoms with Gasteiger partial charge >= 0.3 is 0 Å². The van der Waals surface area contributed by atoms with Crippen molar-refractivity contribution in [2.75, 3.05) is 16.0 Å². The molecular formula is C26H20ClN7O. The molecule has 0 saturated carbocycles. The van der Waals surface area contributed by atoms with Crippen molar-refractivity contribution in [1.82, 2.24) is 19.7 Å². The minimum Gasteiger partial charge on any atom is -0.339 e. The van der Waals surface area contributed by atoms with Gasteiger partial charge in [-0.15, -0.1) is 0 Å². The molecule has 0 spiro atoms. The normalized spacial score (nSPS) is 10.7. The molecule has 0 unspecified atom stereocenters. The Morgan fingerprint density at radius 3 is 2.51 bits per heavy atom. The first-order chi connectivity index (χ1) is 17.1. The van der Waals surface area contributed by atoms with Crippen LogP contribution in [0, 0.1) is 0 Å². The van der Waals surface area contributed by atoms with Crippen molar-refractivity contribution in [2.24, 2.45) is 0 Å². The summed E-state index contributed by atoms with van der Waals surface area (Å²) in [6.07, 6.45) is 4.84. The first-order valence-electron chi connectivity index (χ1n) is 10.7. The van der Waals surface area contributed by atoms with Crippen molar-refractivity contribution < 1.29 is 4.79 Å². The molecule has 0 fully saturated rings. The van der Waals surface area contributed by atoms with E-state index < -0.39 is 0 Å². The maximum atomic E-state index is 11.7. The van der Waals surface area contributed by atoms with Gasteiger partial charge in [0, 0.05) is 39.9 Å². The molecule has 2 heterocycles. The summed E-state index contributed by atoms with van der Waals surface area (Å²) in [7, 11) is 0. The van der Waals surface area contributed by atoms with Gasteiger partial charge in [0.15, 0.2) is 0 Å². The second-order valence-corrected chi connectivity index (χ2v) is 8.02. The van der Waals surface area contributed by atoms with Gasteiger partial charge in [0.05, 0.1) is 11.2 Å². The highest BCUT2D eigenvalue weighted by Gasteiger charge is 2.11. The number of halogens is 1. The third-order valence-electron chi connectivity index (χ3n) is 5.13. The Labute approximate surface area is 206 Å². The van der Waals surface area contributed by atoms with Gasteiger partial charge in [-0.3, -0.25) is 4.79 Å². The van der Waals surface area contributed by atoms with E-state index in [0.29, 0.717) is 22.5 Å². The predicted octanol–water partition coefficient (Wildman–Crippen LogP) is 6.08. The zero-order valence-electron chi connectivity index (χ0n) is 18.4. The Balaban J connectivity index is 1.46. The van der Waals surface area contributed by atoms with E-state index in [0.717, 1.165) is 28.0 Å². The van der Waals surface area contributed by atoms with Crippen LogP contribution in [0.3, 0.4) is 0 Å². The van der Waals surface area contributed by atoms with Crippen LogP contribution in [-0.2, 0) is 4.79 Å². The van der Waals surface area contributed by atoms with Crippen LogP contribution in [0.2, 0.25) is 5.02 Å². The summed E-state index contributed by atoms with van der Waals surface area (Å²) < 4.78 is 1.79. The van der Waals surface area contributed by atoms with Crippen LogP contribution in [0.5, 0.6) is 0 Å². The molecule has 1 amide bonds. The largest absolute Gasteiger partial charge is 0.339 e. The molecule has 0 bridgehead atoms. The van der Waals surface area contributed by atoms with Gasteiger partial charge in [-0.25, -0.2) is 9.67 Å². The van der Waals surface area contributed by atoms with Crippen LogP contribution in [0.1, 0.15) is 0 Å². The monoisotopic (exact) mass is 481 g/mol. The van der Waals surface area contributed by atoms with E-state index in [1.165, 1.54) is 6.08 Å². The number of nitrogens with one attached hydrogen (secondary N) is 3. The Kier molecular flexibility index (Phi) is 6.11. The maximum Gasteiger partial charge on any atom is 0.247 e. The molecule has 35 heavy (non-hydrogen) atoms. The number of carbonyl (C=O) groups excluding carboxylic acids is 1. The summed E-state index contributed by atoms with van der Waals surface area (Å²) in [5.74, 6) is 0.706. The SMILES string of the molecule is C=CC(=O)Nc1cccc(Nc2nc(Nc3ccc(-n4cccn4)cc3)nc3ccc(Cl)cc23)c1. The van der Waals surface area contributed by atoms with Crippen LogP contribution in [0.15, 0.2) is 97.8 Å². The van der Waals surface area contributed by atoms with Crippen LogP contribution in [-0.4, -0.2) is 25.7 Å². The van der Waals surface area contributed by atoms with Crippen molar-refractivity contribution in [2.45, 2.75) is 0 Å². The Morgan fingerprint density at radius 2 is 1.74 bits per heavy atom. The maximum absolute atomic E-state index is 11.7. The van der Waals surface area contributed by atoms with Gasteiger partial charge in [0.2, 0.25) is 11.9 Å². The van der Waals surface area contributed by atoms with E-state index >= 15 is 0 Å². The molecular weight excluding hydrogens is 462 g/mol. The molecule has 8 nitrogen and oxygen atoms in total. The molecule has 172 valence electrons. The number of amides is 1. The number of rotatable bonds is 7. The molecule has 0 radical (unpaired) electrons. The van der Waals surface area contributed by atoms with Gasteiger partial charge in [-0.1, -0.05) is 24.2 Å². The third-order valence-corrected chi connectivity index (χ3v) is 5.36. The van der Waals surface area contributed by atoms with Crippen LogP contribution < -0.4 is 16.0 Å². The lowest BCUT2D eigenvalue weighted by molar-refractivity contribution is -0.111. The summed E-state index contributed by atoms with van der Waals surface area (Å²) >= 11 is 6.26. The lowest BCUT2D eigenvalue weighted by atomic mass is 10.2. The fraction of sp³-hybridized carbons (Fsp3) is 0. The summed E-state index contributed by atoms with van der Waals surface area (Å²) in [6, 6.07) is 22.4. The van der Waals surface area contributed by atoms with Crippen molar-refractivity contribution >= 4 is 57.2 Å². The van der Waals surface area contributed by atoms with E-state index in [9.17, 15) is 4.79 Å². The molecule has 0 atom stereocenters. The molecule has 5 rings (SSSR count). The molecule has 3 aromatic carbocycles. The molecule has 0 aliphatic carbocycles. The van der Waals surface area contributed by atoms with E-state index in [-0.39, 0.29) is 5.91 Å². The molecule has 0 saturated heterocycles. The van der Waals surface area contributed by atoms with Gasteiger partial charge in [-0.05, 0) is 72.8 Å². The zero-order chi connectivity index (χ0) is 24.2. The molecule has 0 aliphatic rings. The quantitative estimate of drug-likeness (QED) is 0.244. The number of anilines is 5. The van der Waals surface area contributed by atoms with Gasteiger partial charge in [0.25, 0.3) is 0 Å². The predicted molar refractivity (Wildman–Crippen MR) is 140 cm³/mol. The van der Waals surface area contributed by atoms with Crippen molar-refractivity contribution in [3.05, 3.63) is 103 Å². The summed E-state index contributed by atoms with van der Waals surface area (Å²) in [5.41, 5.74) is 3.86. The number of nitrogens with zero attached hydrogens (tertiary/aromatic N) is 4. The first kappa shape index (κ1) is 22.1. The first-order valence-corrected chi connectivity index (χ1v) is 11.1. The van der Waals surface area contributed by atoms with Gasteiger partial charge in [-0.2, -0.15) is 10.1 Å². The van der Waals surface area contributed by atoms with E-state index in [2.05, 4.69) is 32.6 Å². The number of fused-ring (bicyclic) bond motifs is 1. The highest BCUT2D eigenvalue weighted by atomic mass is 35.5. The van der Waals surface area contributed by atoms with Crippen molar-refractivity contribution in [3.8, 4) is 5.69 Å². The summed E-state index contributed by atoms with van der Waals surface area (Å²) in [4.78, 5) is 21.0. The minimum absolute atomic E-state index is 0.286. The van der Waals surface area contributed by atoms with Gasteiger partial charge < -0.3 is 16.0 Å². The van der Waals surface area contributed by atoms with Crippen LogP contribution in [0.25, 0.3) is 16.6 Å². The second kappa shape index (κ2) is 9.66. The van der Waals surface area contributed by atoms with Crippen LogP contribution in [0.4, 0.5) is 28.8 Å². The van der Waals surface area contributed by atoms with E-state index in [4.69, 9.17) is 16.6 Å². The molecule has 0 aliphatic heterocycles. The smallest absolute Gasteiger partial charge is 0.247 e. The minimum atomic E-state index is -0.286. The Morgan fingerprint density at radius 1 is 0.914 bits per heavy atom. The number of aromatic nitrogens is 4. The summed E-state index contributed by atoms with van der Waals surface area (Å²) in [6.45, 7) is 3.48. The lowest BCUT2D eigenvalue weighted by Gasteiger charge is -2.13. The fourth-order valence-corrected chi connectivity index (χ4v) is 3.68. The number of hydrogen-bond acceptors (Lipinski definition) is 6. The van der Waals surface area contributed by atoms with Crippen molar-refractivity contribution in [3.63, 3.8) is 0 Å². The van der Waals surface area contributed by atoms with Crippen molar-refractivity contribution in [1.29, 1.82) is 0 Å². The Bertz CT molecular complexity index is 1520. The van der Waals surface area contributed by atoms with Gasteiger partial charge in [0.1, 0.15) is 5.82 Å². The highest BCUT2D eigenvalue weighted by molar-refractivity contribution is 6.31. The zero-order valence-corrected chi connectivity index (χ0v) is 19.2. The molecule has 3 N–H and O–H groups in total. The van der Waals surface area contributed by atoms with Crippen LogP contribution >= 0.6 is 11.6 Å². The molecule has 5 aromatic rings. The fourth-order valence-electron chi connectivity index (χ4n) is 3.50. The molecule has 9 heteroatoms. The number of hydrogen-bond donors (Lipinski definition) is 3. The standard InChI is InChI=1S/C26H20ClN7O/c1-2-24(35)29-19-5-3-6-20(16-19)30-25-22-15-17(27)7-12-23(22)32-26(33-25)31-18-8-10-21(11-9-18)34-14-4-13-28-34/h2-16H,1H2,(H,29,35)(H2,30,31,32,33). The second-order valence-electron chi connectivity index (χ2n) is 7.58. The third kappa shape index (κ3) is 5.13. The lowest BCUT2D eigenvalue weighted by Crippen LogP contribution is -2.07. The average Bonchev–Trinajstić information content (AvgIpc) is 3.40. The summed E-state index contributed by atoms with van der Waals surface area (Å²) in [5, 5.41) is 14.9. The number of carbonyl (C=O) groups is 1. The number of benzene rings is 3. The topological polar surface area (TPSA) is 96.8 Å².